The summed E-state index contributed by atoms with van der Waals surface area (Å²) >= 11 is 0. The molecule has 0 aromatic rings. The van der Waals surface area contributed by atoms with E-state index in [1.165, 1.54) is 0 Å². The third-order valence-corrected chi connectivity index (χ3v) is 2.32. The summed E-state index contributed by atoms with van der Waals surface area (Å²) in [4.78, 5) is 12.6. The van der Waals surface area contributed by atoms with E-state index in [4.69, 9.17) is 5.11 Å². The summed E-state index contributed by atoms with van der Waals surface area (Å²) in [6, 6.07) is 0. The highest BCUT2D eigenvalue weighted by Gasteiger charge is 2.08. The molecule has 0 aromatic carbocycles. The Morgan fingerprint density at radius 2 is 1.92 bits per heavy atom. The first-order chi connectivity index (χ1) is 6.10. The average molecular weight is 187 g/mol. The third-order valence-electron chi connectivity index (χ3n) is 2.32. The van der Waals surface area contributed by atoms with Crippen LogP contribution in [-0.4, -0.2) is 35.6 Å². The van der Waals surface area contributed by atoms with Crippen LogP contribution in [0.25, 0.3) is 0 Å². The van der Waals surface area contributed by atoms with Gasteiger partial charge in [0.05, 0.1) is 0 Å². The van der Waals surface area contributed by atoms with E-state index in [9.17, 15) is 4.79 Å². The van der Waals surface area contributed by atoms with Crippen molar-refractivity contribution >= 4 is 5.97 Å². The Bertz CT molecular complexity index is 144. The average Bonchev–Trinajstić information content (AvgIpc) is 2.10. The van der Waals surface area contributed by atoms with Crippen molar-refractivity contribution in [3.63, 3.8) is 0 Å². The smallest absolute Gasteiger partial charge is 0.303 e. The summed E-state index contributed by atoms with van der Waals surface area (Å²) in [6.45, 7) is 9.49. The van der Waals surface area contributed by atoms with Crippen LogP contribution in [0.2, 0.25) is 0 Å². The van der Waals surface area contributed by atoms with E-state index in [1.54, 1.807) is 0 Å². The van der Waals surface area contributed by atoms with Gasteiger partial charge in [-0.3, -0.25) is 4.79 Å². The van der Waals surface area contributed by atoms with Gasteiger partial charge in [-0.15, -0.1) is 0 Å². The maximum atomic E-state index is 10.3. The van der Waals surface area contributed by atoms with Crippen molar-refractivity contribution in [2.24, 2.45) is 5.92 Å². The van der Waals surface area contributed by atoms with Crippen LogP contribution < -0.4 is 0 Å². The fourth-order valence-corrected chi connectivity index (χ4v) is 1.38. The van der Waals surface area contributed by atoms with E-state index in [0.717, 1.165) is 26.1 Å². The second-order valence-electron chi connectivity index (χ2n) is 3.52. The molecule has 0 bridgehead atoms. The van der Waals surface area contributed by atoms with E-state index in [2.05, 4.69) is 25.7 Å². The monoisotopic (exact) mass is 187 g/mol. The number of aliphatic carboxylic acids is 1. The molecule has 0 spiro atoms. The summed E-state index contributed by atoms with van der Waals surface area (Å²) in [5, 5.41) is 8.50. The van der Waals surface area contributed by atoms with Crippen LogP contribution in [0.3, 0.4) is 0 Å². The van der Waals surface area contributed by atoms with Crippen molar-refractivity contribution < 1.29 is 9.90 Å². The molecule has 0 rings (SSSR count). The number of carbonyl (C=O) groups is 1. The van der Waals surface area contributed by atoms with Gasteiger partial charge in [0.25, 0.3) is 0 Å². The maximum absolute atomic E-state index is 10.3. The highest BCUT2D eigenvalue weighted by atomic mass is 16.4. The normalized spacial score (nSPS) is 13.2. The van der Waals surface area contributed by atoms with Crippen molar-refractivity contribution in [2.75, 3.05) is 19.6 Å². The third kappa shape index (κ3) is 6.58. The first-order valence-electron chi connectivity index (χ1n) is 5.04. The van der Waals surface area contributed by atoms with Crippen molar-refractivity contribution in [3.05, 3.63) is 0 Å². The van der Waals surface area contributed by atoms with Crippen LogP contribution in [-0.2, 0) is 4.79 Å². The van der Waals surface area contributed by atoms with E-state index in [1.807, 2.05) is 0 Å². The molecule has 0 saturated carbocycles. The molecule has 0 aliphatic carbocycles. The zero-order chi connectivity index (χ0) is 10.3. The molecule has 0 heterocycles. The van der Waals surface area contributed by atoms with Gasteiger partial charge < -0.3 is 10.0 Å². The molecule has 3 heteroatoms. The molecule has 1 unspecified atom stereocenters. The summed E-state index contributed by atoms with van der Waals surface area (Å²) in [7, 11) is 0. The maximum Gasteiger partial charge on any atom is 0.303 e. The molecule has 1 atom stereocenters. The Balaban J connectivity index is 3.59. The molecule has 1 N–H and O–H groups in total. The molecule has 0 saturated heterocycles. The first-order valence-corrected chi connectivity index (χ1v) is 5.04. The predicted octanol–water partition coefficient (Wildman–Crippen LogP) is 1.83. The van der Waals surface area contributed by atoms with Crippen LogP contribution >= 0.6 is 0 Å². The SMILES string of the molecule is CCN(CC)CC(C)CCC(=O)O. The van der Waals surface area contributed by atoms with E-state index < -0.39 is 5.97 Å². The number of nitrogens with zero attached hydrogens (tertiary/aromatic N) is 1. The fourth-order valence-electron chi connectivity index (χ4n) is 1.38. The van der Waals surface area contributed by atoms with Crippen molar-refractivity contribution in [3.8, 4) is 0 Å². The van der Waals surface area contributed by atoms with Crippen LogP contribution in [0.5, 0.6) is 0 Å². The molecule has 0 radical (unpaired) electrons. The van der Waals surface area contributed by atoms with Crippen molar-refractivity contribution in [1.82, 2.24) is 4.90 Å². The van der Waals surface area contributed by atoms with Crippen LogP contribution in [0, 0.1) is 5.92 Å². The van der Waals surface area contributed by atoms with Crippen LogP contribution in [0.4, 0.5) is 0 Å². The lowest BCUT2D eigenvalue weighted by atomic mass is 10.1. The van der Waals surface area contributed by atoms with Gasteiger partial charge in [0.2, 0.25) is 0 Å². The van der Waals surface area contributed by atoms with Gasteiger partial charge in [0.15, 0.2) is 0 Å². The minimum Gasteiger partial charge on any atom is -0.481 e. The highest BCUT2D eigenvalue weighted by Crippen LogP contribution is 2.07. The van der Waals surface area contributed by atoms with Gasteiger partial charge in [0.1, 0.15) is 0 Å². The molecule has 78 valence electrons. The van der Waals surface area contributed by atoms with Gasteiger partial charge >= 0.3 is 5.97 Å². The van der Waals surface area contributed by atoms with Crippen LogP contribution in [0.15, 0.2) is 0 Å². The van der Waals surface area contributed by atoms with Gasteiger partial charge in [-0.05, 0) is 25.4 Å². The number of carboxylic acids is 1. The number of rotatable bonds is 7. The largest absolute Gasteiger partial charge is 0.481 e. The quantitative estimate of drug-likeness (QED) is 0.661. The Morgan fingerprint density at radius 1 is 1.38 bits per heavy atom. The molecule has 0 aromatic heterocycles. The molecule has 13 heavy (non-hydrogen) atoms. The lowest BCUT2D eigenvalue weighted by Crippen LogP contribution is -2.28. The number of hydrogen-bond donors (Lipinski definition) is 1. The number of hydrogen-bond acceptors (Lipinski definition) is 2. The van der Waals surface area contributed by atoms with Crippen molar-refractivity contribution in [1.29, 1.82) is 0 Å². The number of carboxylic acid groups (broad SMARTS) is 1. The minimum atomic E-state index is -0.689. The summed E-state index contributed by atoms with van der Waals surface area (Å²) < 4.78 is 0. The lowest BCUT2D eigenvalue weighted by Gasteiger charge is -2.22. The molecule has 0 aliphatic heterocycles. The molecule has 0 fully saturated rings. The Hall–Kier alpha value is -0.570. The first kappa shape index (κ1) is 12.4. The Morgan fingerprint density at radius 3 is 2.31 bits per heavy atom. The molecule has 3 nitrogen and oxygen atoms in total. The molecule has 0 aliphatic rings. The lowest BCUT2D eigenvalue weighted by molar-refractivity contribution is -0.137. The van der Waals surface area contributed by atoms with E-state index >= 15 is 0 Å². The summed E-state index contributed by atoms with van der Waals surface area (Å²) in [6.07, 6.45) is 1.08. The topological polar surface area (TPSA) is 40.5 Å². The highest BCUT2D eigenvalue weighted by molar-refractivity contribution is 5.66. The fraction of sp³-hybridized carbons (Fsp3) is 0.900. The Labute approximate surface area is 80.7 Å². The molecule has 0 amide bonds. The van der Waals surface area contributed by atoms with Gasteiger partial charge in [0, 0.05) is 13.0 Å². The predicted molar refractivity (Wildman–Crippen MR) is 53.8 cm³/mol. The molecular formula is C10H21NO2. The van der Waals surface area contributed by atoms with Gasteiger partial charge in [-0.25, -0.2) is 0 Å². The zero-order valence-electron chi connectivity index (χ0n) is 8.92. The zero-order valence-corrected chi connectivity index (χ0v) is 8.92. The molecular weight excluding hydrogens is 166 g/mol. The van der Waals surface area contributed by atoms with Crippen molar-refractivity contribution in [2.45, 2.75) is 33.6 Å². The summed E-state index contributed by atoms with van der Waals surface area (Å²) in [5.41, 5.74) is 0. The second kappa shape index (κ2) is 6.89. The Kier molecular flexibility index (Phi) is 6.59. The standard InChI is InChI=1S/C10H21NO2/c1-4-11(5-2)8-9(3)6-7-10(12)13/h9H,4-8H2,1-3H3,(H,12,13). The van der Waals surface area contributed by atoms with Gasteiger partial charge in [-0.2, -0.15) is 0 Å². The van der Waals surface area contributed by atoms with Crippen LogP contribution in [0.1, 0.15) is 33.6 Å². The second-order valence-corrected chi connectivity index (χ2v) is 3.52. The summed E-state index contributed by atoms with van der Waals surface area (Å²) in [5.74, 6) is -0.206. The van der Waals surface area contributed by atoms with E-state index in [0.29, 0.717) is 12.3 Å². The van der Waals surface area contributed by atoms with Gasteiger partial charge in [-0.1, -0.05) is 20.8 Å². The minimum absolute atomic E-state index is 0.294. The van der Waals surface area contributed by atoms with E-state index in [-0.39, 0.29) is 0 Å².